The van der Waals surface area contributed by atoms with E-state index in [2.05, 4.69) is 31.2 Å². The van der Waals surface area contributed by atoms with Crippen LogP contribution >= 0.6 is 11.3 Å². The largest absolute Gasteiger partial charge is 0.391 e. The maximum absolute atomic E-state index is 14.0. The fourth-order valence-electron chi connectivity index (χ4n) is 9.01. The van der Waals surface area contributed by atoms with Crippen molar-refractivity contribution in [3.05, 3.63) is 113 Å². The van der Waals surface area contributed by atoms with Crippen LogP contribution in [0.3, 0.4) is 0 Å². The number of hydrogen-bond acceptors (Lipinski definition) is 13. The lowest BCUT2D eigenvalue weighted by atomic mass is 9.85. The van der Waals surface area contributed by atoms with Gasteiger partial charge in [-0.3, -0.25) is 33.8 Å². The second-order valence-corrected chi connectivity index (χ2v) is 21.0. The monoisotopic (exact) mass is 1050 g/mol. The normalized spacial score (nSPS) is 16.9. The number of thiazole rings is 1. The predicted octanol–water partition coefficient (Wildman–Crippen LogP) is 5.52. The van der Waals surface area contributed by atoms with E-state index in [1.54, 1.807) is 54.1 Å². The van der Waals surface area contributed by atoms with Gasteiger partial charge in [-0.1, -0.05) is 63.9 Å². The van der Waals surface area contributed by atoms with Gasteiger partial charge in [0.05, 0.1) is 61.3 Å². The molecule has 4 heterocycles. The van der Waals surface area contributed by atoms with Gasteiger partial charge >= 0.3 is 0 Å². The van der Waals surface area contributed by atoms with E-state index >= 15 is 0 Å². The van der Waals surface area contributed by atoms with Gasteiger partial charge in [0.25, 0.3) is 11.8 Å². The number of nitrogens with one attached hydrogen (secondary N) is 4. The molecule has 0 bridgehead atoms. The van der Waals surface area contributed by atoms with Crippen molar-refractivity contribution in [1.29, 1.82) is 0 Å². The molecule has 2 aromatic heterocycles. The minimum Gasteiger partial charge on any atom is -0.391 e. The molecule has 0 aliphatic carbocycles. The molecule has 4 atom stereocenters. The SMILES string of the molecule is Cc1ncsc1-c1ccc([C@@H](C)NC(=O)[C@H]2C[C@H](O)CN2C(=O)[C@H](NC(=O)COCCOCCOCCNC(=O)c2ccc(C(=O)N3CCC(CCCCNC(=O)/C=C/c4cccnc4)CC3)cc2)C(C)(C)C)cc1. The molecule has 6 amide bonds. The minimum absolute atomic E-state index is 0.0365. The quantitative estimate of drug-likeness (QED) is 0.0387. The molecule has 2 fully saturated rings. The van der Waals surface area contributed by atoms with Crippen LogP contribution < -0.4 is 21.3 Å². The van der Waals surface area contributed by atoms with Crippen LogP contribution in [0.4, 0.5) is 0 Å². The highest BCUT2D eigenvalue weighted by molar-refractivity contribution is 7.13. The summed E-state index contributed by atoms with van der Waals surface area (Å²) in [5, 5.41) is 22.2. The summed E-state index contributed by atoms with van der Waals surface area (Å²) < 4.78 is 16.7. The van der Waals surface area contributed by atoms with Gasteiger partial charge in [0, 0.05) is 68.7 Å². The number of ether oxygens (including phenoxy) is 3. The first-order valence-electron chi connectivity index (χ1n) is 25.9. The number of hydrogen-bond donors (Lipinski definition) is 5. The van der Waals surface area contributed by atoms with Gasteiger partial charge < -0.3 is 50.4 Å². The first-order valence-corrected chi connectivity index (χ1v) is 26.8. The molecule has 5 N–H and O–H groups in total. The van der Waals surface area contributed by atoms with Crippen molar-refractivity contribution in [1.82, 2.24) is 41.0 Å². The van der Waals surface area contributed by atoms with E-state index in [0.717, 1.165) is 59.4 Å². The van der Waals surface area contributed by atoms with Crippen molar-refractivity contribution in [2.45, 2.75) is 97.4 Å². The molecule has 4 aromatic rings. The number of unbranched alkanes of at least 4 members (excludes halogenated alkanes) is 1. The van der Waals surface area contributed by atoms with Crippen molar-refractivity contribution >= 4 is 52.9 Å². The smallest absolute Gasteiger partial charge is 0.253 e. The molecule has 19 heteroatoms. The third-order valence-electron chi connectivity index (χ3n) is 13.3. The number of carbonyl (C=O) groups excluding carboxylic acids is 6. The number of aliphatic hydroxyl groups excluding tert-OH is 1. The first kappa shape index (κ1) is 57.9. The highest BCUT2D eigenvalue weighted by atomic mass is 32.1. The van der Waals surface area contributed by atoms with Crippen molar-refractivity contribution in [2.75, 3.05) is 72.4 Å². The molecule has 0 saturated carbocycles. The summed E-state index contributed by atoms with van der Waals surface area (Å²) in [5.74, 6) is -1.25. The molecule has 18 nitrogen and oxygen atoms in total. The molecule has 6 rings (SSSR count). The van der Waals surface area contributed by atoms with Crippen molar-refractivity contribution in [3.8, 4) is 10.4 Å². The van der Waals surface area contributed by atoms with Gasteiger partial charge in [0.1, 0.15) is 18.7 Å². The topological polar surface area (TPSA) is 231 Å². The molecule has 2 aromatic carbocycles. The average molecular weight is 1050 g/mol. The molecule has 75 heavy (non-hydrogen) atoms. The summed E-state index contributed by atoms with van der Waals surface area (Å²) >= 11 is 1.57. The van der Waals surface area contributed by atoms with E-state index in [-0.39, 0.29) is 88.8 Å². The molecular formula is C56H74N8O10S. The molecular weight excluding hydrogens is 977 g/mol. The highest BCUT2D eigenvalue weighted by Crippen LogP contribution is 2.30. The third-order valence-corrected chi connectivity index (χ3v) is 14.3. The van der Waals surface area contributed by atoms with E-state index in [9.17, 15) is 33.9 Å². The number of rotatable bonds is 26. The number of aromatic nitrogens is 2. The Morgan fingerprint density at radius 2 is 1.55 bits per heavy atom. The first-order chi connectivity index (χ1) is 36.1. The number of likely N-dealkylation sites (tertiary alicyclic amines) is 2. The number of piperidine rings is 1. The number of carbonyl (C=O) groups is 6. The maximum Gasteiger partial charge on any atom is 0.253 e. The maximum atomic E-state index is 14.0. The van der Waals surface area contributed by atoms with Gasteiger partial charge in [-0.2, -0.15) is 0 Å². The van der Waals surface area contributed by atoms with E-state index in [4.69, 9.17) is 14.2 Å². The van der Waals surface area contributed by atoms with Gasteiger partial charge in [-0.25, -0.2) is 4.98 Å². The summed E-state index contributed by atoms with van der Waals surface area (Å²) in [6.45, 7) is 12.3. The number of aliphatic hydroxyl groups is 1. The number of benzene rings is 2. The predicted molar refractivity (Wildman–Crippen MR) is 286 cm³/mol. The summed E-state index contributed by atoms with van der Waals surface area (Å²) in [5.41, 5.74) is 5.82. The zero-order valence-electron chi connectivity index (χ0n) is 43.9. The van der Waals surface area contributed by atoms with E-state index < -0.39 is 35.4 Å². The molecule has 2 aliphatic heterocycles. The Labute approximate surface area is 444 Å². The molecule has 404 valence electrons. The number of β-amino-alcohol motifs (C(OH)–C–C–N with tert-alkyl or cyclic N) is 1. The van der Waals surface area contributed by atoms with Crippen LogP contribution in [0.2, 0.25) is 0 Å². The number of amides is 6. The van der Waals surface area contributed by atoms with Gasteiger partial charge in [-0.15, -0.1) is 11.3 Å². The van der Waals surface area contributed by atoms with Crippen LogP contribution in [0.1, 0.15) is 110 Å². The van der Waals surface area contributed by atoms with Crippen LogP contribution in [-0.4, -0.2) is 151 Å². The lowest BCUT2D eigenvalue weighted by Crippen LogP contribution is -2.58. The summed E-state index contributed by atoms with van der Waals surface area (Å²) in [4.78, 5) is 91.4. The second kappa shape index (κ2) is 29.1. The number of nitrogens with zero attached hydrogens (tertiary/aromatic N) is 4. The second-order valence-electron chi connectivity index (χ2n) is 20.1. The zero-order valence-corrected chi connectivity index (χ0v) is 44.7. The van der Waals surface area contributed by atoms with E-state index in [1.807, 2.05) is 81.4 Å². The van der Waals surface area contributed by atoms with Crippen LogP contribution in [0, 0.1) is 18.3 Å². The lowest BCUT2D eigenvalue weighted by molar-refractivity contribution is -0.144. The fraction of sp³-hybridized carbons (Fsp3) is 0.500. The van der Waals surface area contributed by atoms with Crippen LogP contribution in [-0.2, 0) is 33.4 Å². The van der Waals surface area contributed by atoms with Crippen LogP contribution in [0.25, 0.3) is 16.5 Å². The fourth-order valence-corrected chi connectivity index (χ4v) is 9.82. The minimum atomic E-state index is -0.992. The summed E-state index contributed by atoms with van der Waals surface area (Å²) in [6.07, 6.45) is 10.7. The van der Waals surface area contributed by atoms with Gasteiger partial charge in [0.2, 0.25) is 23.6 Å². The zero-order chi connectivity index (χ0) is 53.7. The Hall–Kier alpha value is -6.38. The van der Waals surface area contributed by atoms with Crippen LogP contribution in [0.15, 0.2) is 84.6 Å². The Bertz CT molecular complexity index is 2510. The Morgan fingerprint density at radius 3 is 2.21 bits per heavy atom. The lowest BCUT2D eigenvalue weighted by Gasteiger charge is -2.35. The molecule has 2 aliphatic rings. The average Bonchev–Trinajstić information content (AvgIpc) is 4.03. The van der Waals surface area contributed by atoms with Crippen LogP contribution in [0.5, 0.6) is 0 Å². The van der Waals surface area contributed by atoms with Gasteiger partial charge in [-0.05, 0) is 97.5 Å². The summed E-state index contributed by atoms with van der Waals surface area (Å²) in [7, 11) is 0. The van der Waals surface area contributed by atoms with Gasteiger partial charge in [0.15, 0.2) is 0 Å². The Kier molecular flexibility index (Phi) is 22.4. The van der Waals surface area contributed by atoms with Crippen molar-refractivity contribution in [3.63, 3.8) is 0 Å². The summed E-state index contributed by atoms with van der Waals surface area (Å²) in [6, 6.07) is 16.0. The van der Waals surface area contributed by atoms with E-state index in [0.29, 0.717) is 36.7 Å². The standard InChI is InChI=1S/C56H74N8O10S/c1-38(42-12-14-43(15-13-42)50-39(2)60-37-75-50)61-53(69)47-33-46(65)35-64(47)55(71)51(56(3,4)5)62-49(67)36-74-32-31-73-30-29-72-28-25-59-52(68)44-16-18-45(19-17-44)54(70)63-26-21-40(22-27-63)9-6-7-24-58-48(66)20-11-41-10-8-23-57-34-41/h8,10-20,23,34,37-38,40,46-47,51,65H,6-7,9,21-22,24-33,35-36H2,1-5H3,(H,58,66)(H,59,68)(H,61,69)(H,62,67)/b20-11+/t38-,46+,47-,51+/m1/s1. The highest BCUT2D eigenvalue weighted by Gasteiger charge is 2.44. The molecule has 0 spiro atoms. The molecule has 2 saturated heterocycles. The molecule has 0 unspecified atom stereocenters. The molecule has 0 radical (unpaired) electrons. The van der Waals surface area contributed by atoms with Crippen molar-refractivity contribution < 1.29 is 48.1 Å². The Balaban J connectivity index is 0.788. The van der Waals surface area contributed by atoms with E-state index in [1.165, 1.54) is 11.0 Å². The number of aryl methyl sites for hydroxylation is 1. The third kappa shape index (κ3) is 18.2. The van der Waals surface area contributed by atoms with Crippen molar-refractivity contribution in [2.24, 2.45) is 11.3 Å². The Morgan fingerprint density at radius 1 is 0.853 bits per heavy atom. The number of pyridine rings is 1.